The molecule has 0 radical (unpaired) electrons. The third-order valence-electron chi connectivity index (χ3n) is 8.65. The third-order valence-corrected chi connectivity index (χ3v) is 8.65. The van der Waals surface area contributed by atoms with Gasteiger partial charge in [0.05, 0.1) is 12.2 Å². The summed E-state index contributed by atoms with van der Waals surface area (Å²) in [6.07, 6.45) is 3.12. The lowest BCUT2D eigenvalue weighted by atomic mass is 9.76. The van der Waals surface area contributed by atoms with E-state index in [0.717, 1.165) is 55.5 Å². The summed E-state index contributed by atoms with van der Waals surface area (Å²) >= 11 is 0. The Balaban J connectivity index is 1.35. The van der Waals surface area contributed by atoms with Gasteiger partial charge in [0.25, 0.3) is 0 Å². The molecule has 0 unspecified atom stereocenters. The average molecular weight is 585 g/mol. The van der Waals surface area contributed by atoms with Gasteiger partial charge in [-0.1, -0.05) is 121 Å². The van der Waals surface area contributed by atoms with Crippen LogP contribution in [-0.4, -0.2) is 56.0 Å². The number of imidazole rings is 1. The second-order valence-corrected chi connectivity index (χ2v) is 11.3. The molecule has 5 aromatic rings. The van der Waals surface area contributed by atoms with Gasteiger partial charge >= 0.3 is 6.09 Å². The molecule has 1 saturated heterocycles. The van der Waals surface area contributed by atoms with E-state index in [1.165, 1.54) is 10.5 Å². The molecule has 0 saturated carbocycles. The summed E-state index contributed by atoms with van der Waals surface area (Å²) in [4.78, 5) is 33.9. The van der Waals surface area contributed by atoms with E-state index >= 15 is 0 Å². The standard InChI is InChI=1S/C37H36N4O3/c42-28-35-38-33(26-40(36(43)44)34-21-23-39(24-22-34)25-29-13-5-1-6-14-29)27-41(35)37(30-15-7-2-8-16-30,31-17-9-3-10-18-31)32-19-11-4-12-20-32/h1-20,27-28,34H,21-26H2,(H,43,44). The fourth-order valence-electron chi connectivity index (χ4n) is 6.59. The van der Waals surface area contributed by atoms with Crippen LogP contribution in [0.1, 0.15) is 51.4 Å². The molecule has 0 aliphatic carbocycles. The molecule has 2 heterocycles. The topological polar surface area (TPSA) is 78.7 Å². The van der Waals surface area contributed by atoms with Crippen molar-refractivity contribution in [3.05, 3.63) is 161 Å². The van der Waals surface area contributed by atoms with Crippen LogP contribution in [0.2, 0.25) is 0 Å². The number of piperidine rings is 1. The fourth-order valence-corrected chi connectivity index (χ4v) is 6.59. The van der Waals surface area contributed by atoms with Gasteiger partial charge in [-0.2, -0.15) is 0 Å². The highest BCUT2D eigenvalue weighted by molar-refractivity contribution is 5.71. The number of benzene rings is 4. The van der Waals surface area contributed by atoms with Crippen molar-refractivity contribution in [2.75, 3.05) is 13.1 Å². The number of aromatic nitrogens is 2. The summed E-state index contributed by atoms with van der Waals surface area (Å²) in [5.74, 6) is 0.236. The molecule has 1 N–H and O–H groups in total. The zero-order chi connectivity index (χ0) is 30.4. The van der Waals surface area contributed by atoms with Crippen molar-refractivity contribution in [3.63, 3.8) is 0 Å². The van der Waals surface area contributed by atoms with Gasteiger partial charge in [0.15, 0.2) is 12.1 Å². The molecule has 1 amide bonds. The maximum atomic E-state index is 12.7. The van der Waals surface area contributed by atoms with Gasteiger partial charge in [-0.15, -0.1) is 0 Å². The van der Waals surface area contributed by atoms with Crippen molar-refractivity contribution in [1.29, 1.82) is 0 Å². The Morgan fingerprint density at radius 3 is 1.73 bits per heavy atom. The molecule has 0 bridgehead atoms. The van der Waals surface area contributed by atoms with Crippen molar-refractivity contribution in [2.45, 2.75) is 37.5 Å². The van der Waals surface area contributed by atoms with E-state index in [1.54, 1.807) is 0 Å². The summed E-state index contributed by atoms with van der Waals surface area (Å²) in [5, 5.41) is 10.3. The lowest BCUT2D eigenvalue weighted by molar-refractivity contribution is 0.0840. The molecule has 0 spiro atoms. The molecule has 222 valence electrons. The normalized spacial score (nSPS) is 14.3. The number of carbonyl (C=O) groups is 2. The zero-order valence-electron chi connectivity index (χ0n) is 24.6. The highest BCUT2D eigenvalue weighted by atomic mass is 16.4. The SMILES string of the molecule is O=Cc1nc(CN(C(=O)O)C2CCN(Cc3ccccc3)CC2)cn1C(c1ccccc1)(c1ccccc1)c1ccccc1. The van der Waals surface area contributed by atoms with Crippen molar-refractivity contribution in [2.24, 2.45) is 0 Å². The van der Waals surface area contributed by atoms with E-state index in [2.05, 4.69) is 53.4 Å². The smallest absolute Gasteiger partial charge is 0.407 e. The van der Waals surface area contributed by atoms with E-state index in [0.29, 0.717) is 5.69 Å². The number of rotatable bonds is 10. The highest BCUT2D eigenvalue weighted by Crippen LogP contribution is 2.41. The first kappa shape index (κ1) is 29.1. The van der Waals surface area contributed by atoms with E-state index < -0.39 is 11.6 Å². The third kappa shape index (κ3) is 5.79. The summed E-state index contributed by atoms with van der Waals surface area (Å²) in [5.41, 5.74) is 3.77. The Kier molecular flexibility index (Phi) is 8.66. The first-order valence-corrected chi connectivity index (χ1v) is 15.1. The number of hydrogen-bond acceptors (Lipinski definition) is 4. The number of nitrogens with zero attached hydrogens (tertiary/aromatic N) is 4. The maximum absolute atomic E-state index is 12.7. The van der Waals surface area contributed by atoms with Crippen LogP contribution in [0.25, 0.3) is 0 Å². The van der Waals surface area contributed by atoms with E-state index in [1.807, 2.05) is 83.6 Å². The van der Waals surface area contributed by atoms with Gasteiger partial charge in [0.2, 0.25) is 0 Å². The summed E-state index contributed by atoms with van der Waals surface area (Å²) < 4.78 is 1.91. The highest BCUT2D eigenvalue weighted by Gasteiger charge is 2.40. The lowest BCUT2D eigenvalue weighted by Gasteiger charge is -2.38. The Labute approximate surface area is 258 Å². The molecule has 44 heavy (non-hydrogen) atoms. The molecule has 1 fully saturated rings. The summed E-state index contributed by atoms with van der Waals surface area (Å²) in [6, 6.07) is 40.4. The molecule has 7 nitrogen and oxygen atoms in total. The van der Waals surface area contributed by atoms with Crippen LogP contribution in [0.15, 0.2) is 128 Å². The monoisotopic (exact) mass is 584 g/mol. The average Bonchev–Trinajstić information content (AvgIpc) is 3.49. The van der Waals surface area contributed by atoms with Crippen LogP contribution in [-0.2, 0) is 18.6 Å². The lowest BCUT2D eigenvalue weighted by Crippen LogP contribution is -2.46. The van der Waals surface area contributed by atoms with Crippen molar-refractivity contribution >= 4 is 12.4 Å². The minimum absolute atomic E-state index is 0.0982. The fraction of sp³-hybridized carbons (Fsp3) is 0.216. The second kappa shape index (κ2) is 13.1. The quantitative estimate of drug-likeness (QED) is 0.146. The van der Waals surface area contributed by atoms with Gasteiger partial charge in [0.1, 0.15) is 5.54 Å². The molecular weight excluding hydrogens is 548 g/mol. The summed E-state index contributed by atoms with van der Waals surface area (Å²) in [6.45, 7) is 2.59. The first-order valence-electron chi connectivity index (χ1n) is 15.1. The minimum Gasteiger partial charge on any atom is -0.465 e. The van der Waals surface area contributed by atoms with Crippen LogP contribution < -0.4 is 0 Å². The molecule has 6 rings (SSSR count). The maximum Gasteiger partial charge on any atom is 0.407 e. The largest absolute Gasteiger partial charge is 0.465 e. The van der Waals surface area contributed by atoms with Gasteiger partial charge < -0.3 is 9.67 Å². The van der Waals surface area contributed by atoms with Gasteiger partial charge in [-0.25, -0.2) is 9.78 Å². The van der Waals surface area contributed by atoms with Crippen molar-refractivity contribution < 1.29 is 14.7 Å². The molecule has 1 aliphatic rings. The Morgan fingerprint density at radius 1 is 0.795 bits per heavy atom. The molecule has 0 atom stereocenters. The molecule has 7 heteroatoms. The van der Waals surface area contributed by atoms with Crippen LogP contribution in [0.5, 0.6) is 0 Å². The number of carboxylic acid groups (broad SMARTS) is 1. The predicted octanol–water partition coefficient (Wildman–Crippen LogP) is 6.68. The van der Waals surface area contributed by atoms with Crippen LogP contribution in [0.3, 0.4) is 0 Å². The predicted molar refractivity (Wildman–Crippen MR) is 171 cm³/mol. The number of carbonyl (C=O) groups excluding carboxylic acids is 1. The minimum atomic E-state index is -0.978. The Morgan fingerprint density at radius 2 is 1.27 bits per heavy atom. The van der Waals surface area contributed by atoms with Gasteiger partial charge in [-0.3, -0.25) is 14.6 Å². The van der Waals surface area contributed by atoms with Crippen molar-refractivity contribution in [3.8, 4) is 0 Å². The van der Waals surface area contributed by atoms with Gasteiger partial charge in [-0.05, 0) is 35.1 Å². The second-order valence-electron chi connectivity index (χ2n) is 11.3. The van der Waals surface area contributed by atoms with Crippen molar-refractivity contribution in [1.82, 2.24) is 19.4 Å². The number of amides is 1. The number of aldehydes is 1. The Bertz CT molecular complexity index is 1570. The van der Waals surface area contributed by atoms with Crippen LogP contribution >= 0.6 is 0 Å². The van der Waals surface area contributed by atoms with Crippen LogP contribution in [0, 0.1) is 0 Å². The molecule has 1 aliphatic heterocycles. The van der Waals surface area contributed by atoms with Gasteiger partial charge in [0, 0.05) is 31.9 Å². The number of hydrogen-bond donors (Lipinski definition) is 1. The molecular formula is C37H36N4O3. The molecule has 4 aromatic carbocycles. The first-order chi connectivity index (χ1) is 21.6. The summed E-state index contributed by atoms with van der Waals surface area (Å²) in [7, 11) is 0. The Hall–Kier alpha value is -5.01. The van der Waals surface area contributed by atoms with Crippen LogP contribution in [0.4, 0.5) is 4.79 Å². The zero-order valence-corrected chi connectivity index (χ0v) is 24.6. The van der Waals surface area contributed by atoms with E-state index in [-0.39, 0.29) is 18.4 Å². The van der Waals surface area contributed by atoms with E-state index in [4.69, 9.17) is 4.98 Å². The molecule has 1 aromatic heterocycles. The number of likely N-dealkylation sites (tertiary alicyclic amines) is 1. The van der Waals surface area contributed by atoms with E-state index in [9.17, 15) is 14.7 Å².